The van der Waals surface area contributed by atoms with E-state index in [-0.39, 0.29) is 5.91 Å². The van der Waals surface area contributed by atoms with Crippen molar-refractivity contribution in [2.45, 2.75) is 39.7 Å². The molecule has 0 aliphatic carbocycles. The molecule has 1 amide bonds. The fourth-order valence-electron chi connectivity index (χ4n) is 2.64. The van der Waals surface area contributed by atoms with Crippen molar-refractivity contribution in [3.63, 3.8) is 0 Å². The van der Waals surface area contributed by atoms with Crippen molar-refractivity contribution in [1.82, 2.24) is 10.2 Å². The van der Waals surface area contributed by atoms with Crippen LogP contribution in [-0.4, -0.2) is 30.4 Å². The van der Waals surface area contributed by atoms with Crippen LogP contribution < -0.4 is 11.1 Å². The summed E-state index contributed by atoms with van der Waals surface area (Å²) in [5.41, 5.74) is 8.62. The maximum atomic E-state index is 12.0. The number of nitrogens with zero attached hydrogens (tertiary/aromatic N) is 1. The minimum absolute atomic E-state index is 0.0417. The SMILES string of the molecule is CC(C)CNC(=O)c1ccc(CN2CCCCC2)c(N)c1. The number of hydrogen-bond donors (Lipinski definition) is 2. The van der Waals surface area contributed by atoms with Gasteiger partial charge in [-0.15, -0.1) is 0 Å². The Morgan fingerprint density at radius 2 is 2.00 bits per heavy atom. The zero-order chi connectivity index (χ0) is 15.2. The quantitative estimate of drug-likeness (QED) is 0.819. The number of piperidine rings is 1. The van der Waals surface area contributed by atoms with Crippen molar-refractivity contribution in [2.75, 3.05) is 25.4 Å². The van der Waals surface area contributed by atoms with Crippen LogP contribution in [0.3, 0.4) is 0 Å². The van der Waals surface area contributed by atoms with Gasteiger partial charge in [-0.05, 0) is 49.5 Å². The Hall–Kier alpha value is -1.55. The number of benzene rings is 1. The summed E-state index contributed by atoms with van der Waals surface area (Å²) in [5, 5.41) is 2.92. The second kappa shape index (κ2) is 7.46. The molecule has 21 heavy (non-hydrogen) atoms. The number of rotatable bonds is 5. The third-order valence-electron chi connectivity index (χ3n) is 3.92. The number of carbonyl (C=O) groups excluding carboxylic acids is 1. The molecular weight excluding hydrogens is 262 g/mol. The van der Waals surface area contributed by atoms with E-state index in [4.69, 9.17) is 5.73 Å². The van der Waals surface area contributed by atoms with Crippen LogP contribution in [-0.2, 0) is 6.54 Å². The van der Waals surface area contributed by atoms with Crippen LogP contribution >= 0.6 is 0 Å². The molecule has 4 heteroatoms. The van der Waals surface area contributed by atoms with Gasteiger partial charge in [-0.1, -0.05) is 26.3 Å². The molecule has 3 N–H and O–H groups in total. The first-order chi connectivity index (χ1) is 10.1. The molecule has 116 valence electrons. The van der Waals surface area contributed by atoms with Gasteiger partial charge in [0.2, 0.25) is 0 Å². The molecule has 0 bridgehead atoms. The molecule has 0 atom stereocenters. The lowest BCUT2D eigenvalue weighted by Crippen LogP contribution is -2.29. The highest BCUT2D eigenvalue weighted by Crippen LogP contribution is 2.19. The zero-order valence-corrected chi connectivity index (χ0v) is 13.2. The van der Waals surface area contributed by atoms with Gasteiger partial charge in [0.1, 0.15) is 0 Å². The predicted molar refractivity (Wildman–Crippen MR) is 87.2 cm³/mol. The summed E-state index contributed by atoms with van der Waals surface area (Å²) >= 11 is 0. The van der Waals surface area contributed by atoms with E-state index in [1.807, 2.05) is 12.1 Å². The van der Waals surface area contributed by atoms with Crippen molar-refractivity contribution in [1.29, 1.82) is 0 Å². The molecule has 0 saturated carbocycles. The Labute approximate surface area is 127 Å². The van der Waals surface area contributed by atoms with Gasteiger partial charge in [0.05, 0.1) is 0 Å². The molecular formula is C17H27N3O. The summed E-state index contributed by atoms with van der Waals surface area (Å²) in [6.07, 6.45) is 3.88. The molecule has 0 aromatic heterocycles. The van der Waals surface area contributed by atoms with Crippen LogP contribution in [0.2, 0.25) is 0 Å². The van der Waals surface area contributed by atoms with Crippen molar-refractivity contribution in [3.05, 3.63) is 29.3 Å². The van der Waals surface area contributed by atoms with Crippen molar-refractivity contribution in [2.24, 2.45) is 5.92 Å². The van der Waals surface area contributed by atoms with Gasteiger partial charge < -0.3 is 11.1 Å². The van der Waals surface area contributed by atoms with E-state index in [0.717, 1.165) is 30.9 Å². The average Bonchev–Trinajstić information content (AvgIpc) is 2.48. The predicted octanol–water partition coefficient (Wildman–Crippen LogP) is 2.64. The molecule has 1 aromatic carbocycles. The Bertz CT molecular complexity index is 479. The van der Waals surface area contributed by atoms with Gasteiger partial charge >= 0.3 is 0 Å². The van der Waals surface area contributed by atoms with Crippen LogP contribution in [0.4, 0.5) is 5.69 Å². The number of carbonyl (C=O) groups is 1. The lowest BCUT2D eigenvalue weighted by atomic mass is 10.1. The largest absolute Gasteiger partial charge is 0.398 e. The summed E-state index contributed by atoms with van der Waals surface area (Å²) in [6, 6.07) is 5.68. The van der Waals surface area contributed by atoms with Crippen molar-refractivity contribution >= 4 is 11.6 Å². The fraction of sp³-hybridized carbons (Fsp3) is 0.588. The minimum atomic E-state index is -0.0417. The number of amides is 1. The molecule has 0 unspecified atom stereocenters. The highest BCUT2D eigenvalue weighted by Gasteiger charge is 2.13. The molecule has 1 heterocycles. The Kier molecular flexibility index (Phi) is 5.62. The van der Waals surface area contributed by atoms with Crippen molar-refractivity contribution < 1.29 is 4.79 Å². The second-order valence-electron chi connectivity index (χ2n) is 6.35. The highest BCUT2D eigenvalue weighted by molar-refractivity contribution is 5.95. The summed E-state index contributed by atoms with van der Waals surface area (Å²) in [7, 11) is 0. The smallest absolute Gasteiger partial charge is 0.251 e. The van der Waals surface area contributed by atoms with Gasteiger partial charge in [-0.2, -0.15) is 0 Å². The lowest BCUT2D eigenvalue weighted by Gasteiger charge is -2.27. The maximum Gasteiger partial charge on any atom is 0.251 e. The van der Waals surface area contributed by atoms with E-state index < -0.39 is 0 Å². The fourth-order valence-corrected chi connectivity index (χ4v) is 2.64. The molecule has 0 spiro atoms. The van der Waals surface area contributed by atoms with Gasteiger partial charge in [-0.25, -0.2) is 0 Å². The van der Waals surface area contributed by atoms with Gasteiger partial charge in [0.25, 0.3) is 5.91 Å². The van der Waals surface area contributed by atoms with Crippen LogP contribution in [0.5, 0.6) is 0 Å². The summed E-state index contributed by atoms with van der Waals surface area (Å²) in [5.74, 6) is 0.407. The number of likely N-dealkylation sites (tertiary alicyclic amines) is 1. The van der Waals surface area contributed by atoms with E-state index in [1.54, 1.807) is 6.07 Å². The van der Waals surface area contributed by atoms with Crippen LogP contribution in [0, 0.1) is 5.92 Å². The number of anilines is 1. The second-order valence-corrected chi connectivity index (χ2v) is 6.35. The van der Waals surface area contributed by atoms with E-state index in [1.165, 1.54) is 19.3 Å². The third-order valence-corrected chi connectivity index (χ3v) is 3.92. The highest BCUT2D eigenvalue weighted by atomic mass is 16.1. The number of nitrogen functional groups attached to an aromatic ring is 1. The van der Waals surface area contributed by atoms with Gasteiger partial charge in [-0.3, -0.25) is 9.69 Å². The average molecular weight is 289 g/mol. The topological polar surface area (TPSA) is 58.4 Å². The standard InChI is InChI=1S/C17H27N3O/c1-13(2)11-19-17(21)14-6-7-15(16(18)10-14)12-20-8-4-3-5-9-20/h6-7,10,13H,3-5,8-9,11-12,18H2,1-2H3,(H,19,21). The van der Waals surface area contributed by atoms with E-state index in [2.05, 4.69) is 24.1 Å². The Morgan fingerprint density at radius 3 is 2.62 bits per heavy atom. The molecule has 4 nitrogen and oxygen atoms in total. The van der Waals surface area contributed by atoms with Crippen molar-refractivity contribution in [3.8, 4) is 0 Å². The number of nitrogens with one attached hydrogen (secondary N) is 1. The molecule has 0 radical (unpaired) electrons. The molecule has 1 saturated heterocycles. The monoisotopic (exact) mass is 289 g/mol. The van der Waals surface area contributed by atoms with E-state index in [9.17, 15) is 4.79 Å². The first kappa shape index (κ1) is 15.8. The molecule has 1 aromatic rings. The molecule has 1 aliphatic rings. The number of hydrogen-bond acceptors (Lipinski definition) is 3. The lowest BCUT2D eigenvalue weighted by molar-refractivity contribution is 0.0949. The van der Waals surface area contributed by atoms with E-state index in [0.29, 0.717) is 18.0 Å². The van der Waals surface area contributed by atoms with Crippen LogP contribution in [0.15, 0.2) is 18.2 Å². The Balaban J connectivity index is 1.97. The summed E-state index contributed by atoms with van der Waals surface area (Å²) in [6.45, 7) is 8.03. The first-order valence-corrected chi connectivity index (χ1v) is 7.95. The van der Waals surface area contributed by atoms with E-state index >= 15 is 0 Å². The zero-order valence-electron chi connectivity index (χ0n) is 13.2. The maximum absolute atomic E-state index is 12.0. The molecule has 2 rings (SSSR count). The van der Waals surface area contributed by atoms with Crippen LogP contribution in [0.1, 0.15) is 49.0 Å². The molecule has 1 aliphatic heterocycles. The molecule has 1 fully saturated rings. The normalized spacial score (nSPS) is 16.1. The van der Waals surface area contributed by atoms with Gasteiger partial charge in [0.15, 0.2) is 0 Å². The minimum Gasteiger partial charge on any atom is -0.398 e. The summed E-state index contributed by atoms with van der Waals surface area (Å²) < 4.78 is 0. The number of nitrogens with two attached hydrogens (primary N) is 1. The first-order valence-electron chi connectivity index (χ1n) is 7.95. The third kappa shape index (κ3) is 4.74. The summed E-state index contributed by atoms with van der Waals surface area (Å²) in [4.78, 5) is 14.5. The van der Waals surface area contributed by atoms with Crippen LogP contribution in [0.25, 0.3) is 0 Å². The van der Waals surface area contributed by atoms with Gasteiger partial charge in [0, 0.05) is 24.3 Å². The Morgan fingerprint density at radius 1 is 1.29 bits per heavy atom.